The number of halogens is 2. The summed E-state index contributed by atoms with van der Waals surface area (Å²) in [6.07, 6.45) is 0. The third-order valence-electron chi connectivity index (χ3n) is 3.11. The second kappa shape index (κ2) is 16.1. The first-order valence-corrected chi connectivity index (χ1v) is 16.2. The Kier molecular flexibility index (Phi) is 16.9. The number of carbonyl (C=O) groups is 1. The lowest BCUT2D eigenvalue weighted by Crippen LogP contribution is -2.33. The van der Waals surface area contributed by atoms with Crippen molar-refractivity contribution in [2.45, 2.75) is 32.6 Å². The number of nitrogens with zero attached hydrogens (tertiary/aromatic N) is 1. The zero-order valence-corrected chi connectivity index (χ0v) is 21.7. The van der Waals surface area contributed by atoms with Crippen LogP contribution in [0.3, 0.4) is 0 Å². The number of anilines is 1. The van der Waals surface area contributed by atoms with E-state index in [2.05, 4.69) is 42.5 Å². The van der Waals surface area contributed by atoms with Crippen LogP contribution in [0.1, 0.15) is 38.1 Å². The van der Waals surface area contributed by atoms with Crippen LogP contribution >= 0.6 is 37.2 Å². The molecule has 0 unspecified atom stereocenters. The third-order valence-corrected chi connectivity index (χ3v) is 4.86. The highest BCUT2D eigenvalue weighted by molar-refractivity contribution is 15.0. The Hall–Kier alpha value is -0.880. The highest BCUT2D eigenvalue weighted by Gasteiger charge is 2.26. The molecule has 0 aliphatic heterocycles. The molecule has 0 aliphatic rings. The van der Waals surface area contributed by atoms with E-state index in [1.807, 2.05) is 27.7 Å². The smallest absolute Gasteiger partial charge is 0.267 e. The Morgan fingerprint density at radius 3 is 1.74 bits per heavy atom. The summed E-state index contributed by atoms with van der Waals surface area (Å²) in [4.78, 5) is 12.3. The van der Waals surface area contributed by atoms with Crippen molar-refractivity contribution in [1.82, 2.24) is 4.31 Å². The van der Waals surface area contributed by atoms with Gasteiger partial charge in [0.05, 0.1) is 4.90 Å². The minimum absolute atomic E-state index is 0.0771. The van der Waals surface area contributed by atoms with Gasteiger partial charge >= 0.3 is 0 Å². The monoisotopic (exact) mass is 618 g/mol. The van der Waals surface area contributed by atoms with Crippen molar-refractivity contribution in [3.05, 3.63) is 60.2 Å². The largest absolute Gasteiger partial charge is 0.388 e. The Morgan fingerprint density at radius 2 is 1.33 bits per heavy atom. The van der Waals surface area contributed by atoms with Gasteiger partial charge < -0.3 is 5.32 Å². The average Bonchev–Trinajstić information content (AvgIpc) is 2.77. The van der Waals surface area contributed by atoms with Gasteiger partial charge in [-0.3, -0.25) is 4.79 Å². The predicted octanol–water partition coefficient (Wildman–Crippen LogP) is 6.01. The molecule has 0 radical (unpaired) electrons. The van der Waals surface area contributed by atoms with Gasteiger partial charge in [0.2, 0.25) is 0 Å². The fourth-order valence-corrected chi connectivity index (χ4v) is 2.94. The van der Waals surface area contributed by atoms with Crippen molar-refractivity contribution in [3.63, 3.8) is 0 Å². The number of hydrogen-bond donors (Lipinski definition) is 1. The molecule has 0 aromatic heterocycles. The molecular weight excluding hydrogens is 590 g/mol. The van der Waals surface area contributed by atoms with Crippen molar-refractivity contribution in [2.24, 2.45) is 0 Å². The Morgan fingerprint density at radius 1 is 0.889 bits per heavy atom. The first kappa shape index (κ1) is 28.3. The van der Waals surface area contributed by atoms with Crippen LogP contribution in [0.4, 0.5) is 5.69 Å². The molecule has 1 amide bonds. The van der Waals surface area contributed by atoms with E-state index in [-0.39, 0.29) is 4.90 Å². The minimum atomic E-state index is -3.86. The molecule has 5 nitrogen and oxygen atoms in total. The molecule has 0 fully saturated rings. The van der Waals surface area contributed by atoms with Gasteiger partial charge in [-0.25, -0.2) is 12.7 Å². The number of benzene rings is 2. The molecule has 0 saturated heterocycles. The van der Waals surface area contributed by atoms with Gasteiger partial charge in [0.1, 0.15) is 0 Å². The quantitative estimate of drug-likeness (QED) is 0.427. The Bertz CT molecular complexity index is 737. The lowest BCUT2D eigenvalue weighted by molar-refractivity contribution is 0.0883. The maximum absolute atomic E-state index is 12.4. The number of hydrogen-bond acceptors (Lipinski definition) is 4. The van der Waals surface area contributed by atoms with Crippen LogP contribution in [0.15, 0.2) is 59.5 Å². The van der Waals surface area contributed by atoms with Crippen LogP contribution < -0.4 is 5.32 Å². The molecule has 0 saturated carbocycles. The van der Waals surface area contributed by atoms with Gasteiger partial charge in [0, 0.05) is 62.6 Å². The summed E-state index contributed by atoms with van der Waals surface area (Å²) in [6, 6.07) is 14.5. The van der Waals surface area contributed by atoms with E-state index < -0.39 is 15.9 Å². The highest BCUT2D eigenvalue weighted by Crippen LogP contribution is 2.19. The molecule has 152 valence electrons. The van der Waals surface area contributed by atoms with Crippen LogP contribution in [0.5, 0.6) is 0 Å². The topological polar surface area (TPSA) is 66.5 Å². The Labute approximate surface area is 187 Å². The second-order valence-electron chi connectivity index (χ2n) is 4.42. The third kappa shape index (κ3) is 8.77. The fourth-order valence-electron chi connectivity index (χ4n) is 1.82. The van der Waals surface area contributed by atoms with E-state index in [9.17, 15) is 13.2 Å². The number of carbonyl (C=O) groups excluding carboxylic acids is 1. The molecule has 0 spiro atoms. The van der Waals surface area contributed by atoms with E-state index in [0.29, 0.717) is 5.56 Å². The summed E-state index contributed by atoms with van der Waals surface area (Å²) in [6.45, 7) is 8.00. The number of nitrogens with one attached hydrogen (secondary N) is 1. The van der Waals surface area contributed by atoms with E-state index in [0.717, 1.165) is 9.99 Å². The molecule has 2 aromatic carbocycles. The molecule has 0 aliphatic carbocycles. The highest BCUT2D eigenvalue weighted by atomic mass is 128. The average molecular weight is 618 g/mol. The Balaban J connectivity index is 0. The van der Waals surface area contributed by atoms with Gasteiger partial charge in [-0.1, -0.05) is 45.9 Å². The summed E-state index contributed by atoms with van der Waals surface area (Å²) < 4.78 is 25.6. The second-order valence-corrected chi connectivity index (χ2v) is 6.39. The van der Waals surface area contributed by atoms with Gasteiger partial charge in [0.15, 0.2) is 0 Å². The number of sulfonamides is 1. The molecule has 2 aromatic rings. The fraction of sp³-hybridized carbons (Fsp3) is 0.316. The predicted molar refractivity (Wildman–Crippen MR) is 132 cm³/mol. The molecule has 2 rings (SSSR count). The molecule has 0 heterocycles. The van der Waals surface area contributed by atoms with Crippen molar-refractivity contribution in [3.8, 4) is 0 Å². The van der Waals surface area contributed by atoms with Gasteiger partial charge in [-0.05, 0) is 36.4 Å². The van der Waals surface area contributed by atoms with E-state index in [1.165, 1.54) is 19.2 Å². The van der Waals surface area contributed by atoms with Crippen LogP contribution in [0, 0.1) is 0 Å². The molecule has 1 N–H and O–H groups in total. The van der Waals surface area contributed by atoms with Crippen molar-refractivity contribution >= 4 is 58.8 Å². The zero-order valence-electron chi connectivity index (χ0n) is 16.5. The van der Waals surface area contributed by atoms with Crippen LogP contribution in [-0.2, 0) is 10.0 Å². The van der Waals surface area contributed by atoms with Crippen molar-refractivity contribution in [1.29, 1.82) is 0 Å². The minimum Gasteiger partial charge on any atom is -0.388 e. The number of amides is 1. The summed E-state index contributed by atoms with van der Waals surface area (Å²) in [5, 5.41) is 2.91. The van der Waals surface area contributed by atoms with Gasteiger partial charge in [0.25, 0.3) is 15.9 Å². The van der Waals surface area contributed by atoms with Crippen molar-refractivity contribution in [2.75, 3.05) is 19.4 Å². The number of rotatable bonds is 4. The molecule has 27 heavy (non-hydrogen) atoms. The molecule has 0 atom stereocenters. The van der Waals surface area contributed by atoms with E-state index in [4.69, 9.17) is 0 Å². The standard InChI is InChI=1S/C15H16N2O3S.2C2H6.I2/c1-16-13-8-10-14(11-9-13)21(19,20)17(2)15(18)12-6-4-3-5-7-12;3*1-2/h3-11,16H,1-2H3;2*1-2H3;. The SMILES string of the molecule is CC.CC.CNc1ccc(S(=O)(=O)N(C)C(=O)c2ccccc2)cc1.II. The van der Waals surface area contributed by atoms with Gasteiger partial charge in [-0.2, -0.15) is 0 Å². The van der Waals surface area contributed by atoms with Crippen LogP contribution in [0.2, 0.25) is 0 Å². The lowest BCUT2D eigenvalue weighted by Gasteiger charge is -2.17. The summed E-state index contributed by atoms with van der Waals surface area (Å²) in [7, 11) is -0.850. The van der Waals surface area contributed by atoms with E-state index in [1.54, 1.807) is 49.5 Å². The molecule has 0 bridgehead atoms. The van der Waals surface area contributed by atoms with Gasteiger partial charge in [-0.15, -0.1) is 0 Å². The summed E-state index contributed by atoms with van der Waals surface area (Å²) in [5.41, 5.74) is 1.13. The van der Waals surface area contributed by atoms with Crippen LogP contribution in [0.25, 0.3) is 0 Å². The van der Waals surface area contributed by atoms with E-state index >= 15 is 0 Å². The maximum Gasteiger partial charge on any atom is 0.267 e. The molecule has 8 heteroatoms. The lowest BCUT2D eigenvalue weighted by atomic mass is 10.2. The first-order valence-electron chi connectivity index (χ1n) is 8.47. The summed E-state index contributed by atoms with van der Waals surface area (Å²) in [5.74, 6) is -0.562. The maximum atomic E-state index is 12.4. The summed E-state index contributed by atoms with van der Waals surface area (Å²) >= 11 is 4.24. The molecular formula is C19H28I2N2O3S. The van der Waals surface area contributed by atoms with Crippen LogP contribution in [-0.4, -0.2) is 32.7 Å². The normalized spacial score (nSPS) is 9.19. The zero-order chi connectivity index (χ0) is 21.5. The van der Waals surface area contributed by atoms with Crippen molar-refractivity contribution < 1.29 is 13.2 Å². The first-order chi connectivity index (χ1) is 13.0.